The van der Waals surface area contributed by atoms with Crippen molar-refractivity contribution >= 4 is 14.3 Å². The van der Waals surface area contributed by atoms with Crippen LogP contribution in [0.4, 0.5) is 0 Å². The second kappa shape index (κ2) is 4.97. The number of fused-ring (bicyclic) bond motifs is 1. The van der Waals surface area contributed by atoms with Gasteiger partial charge >= 0.3 is 5.97 Å². The summed E-state index contributed by atoms with van der Waals surface area (Å²) >= 11 is 0. The number of carbonyl (C=O) groups excluding carboxylic acids is 1. The third kappa shape index (κ3) is 2.97. The van der Waals surface area contributed by atoms with Crippen molar-refractivity contribution in [2.75, 3.05) is 0 Å². The highest BCUT2D eigenvalue weighted by Crippen LogP contribution is 2.41. The average molecular weight is 270 g/mol. The molecule has 0 aromatic rings. The lowest BCUT2D eigenvalue weighted by Crippen LogP contribution is -2.41. The Kier molecular flexibility index (Phi) is 3.88. The van der Waals surface area contributed by atoms with Gasteiger partial charge < -0.3 is 9.16 Å². The van der Waals surface area contributed by atoms with Gasteiger partial charge in [-0.05, 0) is 38.4 Å². The molecule has 18 heavy (non-hydrogen) atoms. The van der Waals surface area contributed by atoms with Crippen LogP contribution in [-0.2, 0) is 14.0 Å². The Morgan fingerprint density at radius 2 is 1.89 bits per heavy atom. The zero-order valence-electron chi connectivity index (χ0n) is 12.2. The minimum atomic E-state index is -1.59. The molecular formula is C14H26O3Si. The van der Waals surface area contributed by atoms with Gasteiger partial charge in [-0.15, -0.1) is 0 Å². The molecule has 4 heteroatoms. The second-order valence-electron chi connectivity index (χ2n) is 7.04. The van der Waals surface area contributed by atoms with Crippen LogP contribution in [-0.4, -0.2) is 26.5 Å². The zero-order valence-corrected chi connectivity index (χ0v) is 13.2. The average Bonchev–Trinajstić information content (AvgIpc) is 2.41. The molecule has 5 atom stereocenters. The van der Waals surface area contributed by atoms with Crippen molar-refractivity contribution in [2.24, 2.45) is 17.8 Å². The van der Waals surface area contributed by atoms with Gasteiger partial charge in [0.05, 0.1) is 12.0 Å². The van der Waals surface area contributed by atoms with Crippen LogP contribution >= 0.6 is 0 Å². The van der Waals surface area contributed by atoms with Crippen molar-refractivity contribution in [1.29, 1.82) is 0 Å². The fourth-order valence-electron chi connectivity index (χ4n) is 3.25. The van der Waals surface area contributed by atoms with Crippen LogP contribution in [0.15, 0.2) is 0 Å². The second-order valence-corrected chi connectivity index (χ2v) is 11.5. The van der Waals surface area contributed by atoms with E-state index in [1.165, 1.54) is 6.42 Å². The van der Waals surface area contributed by atoms with E-state index in [1.807, 2.05) is 6.92 Å². The van der Waals surface area contributed by atoms with E-state index >= 15 is 0 Å². The normalized spacial score (nSPS) is 41.2. The molecule has 1 aliphatic heterocycles. The molecule has 0 spiro atoms. The molecule has 0 radical (unpaired) electrons. The molecule has 104 valence electrons. The third-order valence-corrected chi connectivity index (χ3v) is 5.20. The van der Waals surface area contributed by atoms with Crippen LogP contribution in [0, 0.1) is 17.8 Å². The fourth-order valence-corrected chi connectivity index (χ4v) is 4.39. The summed E-state index contributed by atoms with van der Waals surface area (Å²) in [6, 6.07) is 0. The van der Waals surface area contributed by atoms with Crippen LogP contribution in [0.25, 0.3) is 0 Å². The number of hydrogen-bond donors (Lipinski definition) is 0. The molecule has 3 nitrogen and oxygen atoms in total. The lowest BCUT2D eigenvalue weighted by Gasteiger charge is -2.31. The Balaban J connectivity index is 2.17. The Morgan fingerprint density at radius 3 is 2.50 bits per heavy atom. The van der Waals surface area contributed by atoms with Crippen molar-refractivity contribution in [3.8, 4) is 0 Å². The number of rotatable bonds is 2. The third-order valence-electron chi connectivity index (χ3n) is 4.19. The predicted octanol–water partition coefficient (Wildman–Crippen LogP) is 3.20. The summed E-state index contributed by atoms with van der Waals surface area (Å²) in [5.41, 5.74) is 0. The molecule has 0 N–H and O–H groups in total. The van der Waals surface area contributed by atoms with Gasteiger partial charge in [0, 0.05) is 5.92 Å². The highest BCUT2D eigenvalue weighted by Gasteiger charge is 2.48. The quantitative estimate of drug-likeness (QED) is 0.571. The topological polar surface area (TPSA) is 35.5 Å². The van der Waals surface area contributed by atoms with Crippen LogP contribution in [0.5, 0.6) is 0 Å². The van der Waals surface area contributed by atoms with Gasteiger partial charge in [-0.3, -0.25) is 4.79 Å². The maximum absolute atomic E-state index is 11.8. The number of ether oxygens (including phenoxy) is 1. The summed E-state index contributed by atoms with van der Waals surface area (Å²) in [5.74, 6) is 1.06. The Hall–Kier alpha value is -0.353. The first-order valence-corrected chi connectivity index (χ1v) is 10.6. The minimum absolute atomic E-state index is 0.00387. The molecule has 2 aliphatic rings. The van der Waals surface area contributed by atoms with E-state index in [9.17, 15) is 4.79 Å². The molecule has 2 fully saturated rings. The van der Waals surface area contributed by atoms with Crippen LogP contribution in [0.3, 0.4) is 0 Å². The summed E-state index contributed by atoms with van der Waals surface area (Å²) in [5, 5.41) is 0. The number of esters is 1. The van der Waals surface area contributed by atoms with Crippen molar-refractivity contribution in [2.45, 2.75) is 65.0 Å². The monoisotopic (exact) mass is 270 g/mol. The minimum Gasteiger partial charge on any atom is -0.459 e. The van der Waals surface area contributed by atoms with E-state index in [2.05, 4.69) is 26.6 Å². The van der Waals surface area contributed by atoms with Crippen LogP contribution < -0.4 is 0 Å². The van der Waals surface area contributed by atoms with E-state index in [-0.39, 0.29) is 24.1 Å². The van der Waals surface area contributed by atoms with Gasteiger partial charge in [0.25, 0.3) is 0 Å². The highest BCUT2D eigenvalue weighted by molar-refractivity contribution is 6.69. The summed E-state index contributed by atoms with van der Waals surface area (Å²) in [6.45, 7) is 10.9. The van der Waals surface area contributed by atoms with Gasteiger partial charge in [-0.25, -0.2) is 0 Å². The standard InChI is InChI=1S/C14H26O3Si/c1-9-6-7-11-10(2)14(15)16-13(11)12(8-9)17-18(3,4)5/h9-13H,6-8H2,1-5H3/t9-,10-,11+,12+,13-/m1/s1. The maximum Gasteiger partial charge on any atom is 0.309 e. The lowest BCUT2D eigenvalue weighted by atomic mass is 9.87. The van der Waals surface area contributed by atoms with E-state index in [0.29, 0.717) is 11.8 Å². The molecule has 0 aromatic heterocycles. The number of hydrogen-bond acceptors (Lipinski definition) is 3. The van der Waals surface area contributed by atoms with E-state index in [1.54, 1.807) is 0 Å². The van der Waals surface area contributed by atoms with E-state index in [4.69, 9.17) is 9.16 Å². The molecule has 1 heterocycles. The first-order valence-electron chi connectivity index (χ1n) is 7.16. The van der Waals surface area contributed by atoms with Crippen LogP contribution in [0.1, 0.15) is 33.1 Å². The molecule has 0 amide bonds. The first-order chi connectivity index (χ1) is 8.28. The van der Waals surface area contributed by atoms with E-state index < -0.39 is 8.32 Å². The highest BCUT2D eigenvalue weighted by atomic mass is 28.4. The summed E-state index contributed by atoms with van der Waals surface area (Å²) < 4.78 is 11.9. The summed E-state index contributed by atoms with van der Waals surface area (Å²) in [7, 11) is -1.59. The predicted molar refractivity (Wildman–Crippen MR) is 73.8 cm³/mol. The fraction of sp³-hybridized carbons (Fsp3) is 0.929. The molecule has 2 rings (SSSR count). The van der Waals surface area contributed by atoms with Crippen molar-refractivity contribution in [1.82, 2.24) is 0 Å². The first kappa shape index (κ1) is 14.1. The van der Waals surface area contributed by atoms with Crippen molar-refractivity contribution in [3.63, 3.8) is 0 Å². The maximum atomic E-state index is 11.8. The molecule has 1 saturated carbocycles. The molecule has 1 aliphatic carbocycles. The number of carbonyl (C=O) groups is 1. The van der Waals surface area contributed by atoms with Crippen molar-refractivity contribution in [3.05, 3.63) is 0 Å². The van der Waals surface area contributed by atoms with Crippen molar-refractivity contribution < 1.29 is 14.0 Å². The molecule has 0 aromatic carbocycles. The van der Waals surface area contributed by atoms with Gasteiger partial charge in [-0.1, -0.05) is 20.3 Å². The smallest absolute Gasteiger partial charge is 0.309 e. The molecule has 0 bridgehead atoms. The molecule has 0 unspecified atom stereocenters. The van der Waals surface area contributed by atoms with Gasteiger partial charge in [0.15, 0.2) is 8.32 Å². The Labute approximate surface area is 111 Å². The van der Waals surface area contributed by atoms with Gasteiger partial charge in [0.1, 0.15) is 6.10 Å². The van der Waals surface area contributed by atoms with Crippen LogP contribution in [0.2, 0.25) is 19.6 Å². The molecular weight excluding hydrogens is 244 g/mol. The summed E-state index contributed by atoms with van der Waals surface area (Å²) in [4.78, 5) is 11.8. The molecule has 1 saturated heterocycles. The SMILES string of the molecule is C[C@@H]1CC[C@@H]2[C@@H](OC(=O)[C@@H]2C)[C@@H](O[Si](C)(C)C)C1. The lowest BCUT2D eigenvalue weighted by molar-refractivity contribution is -0.147. The Bertz CT molecular complexity index is 323. The van der Waals surface area contributed by atoms with Gasteiger partial charge in [-0.2, -0.15) is 0 Å². The Morgan fingerprint density at radius 1 is 1.22 bits per heavy atom. The van der Waals surface area contributed by atoms with Gasteiger partial charge in [0.2, 0.25) is 0 Å². The largest absolute Gasteiger partial charge is 0.459 e. The summed E-state index contributed by atoms with van der Waals surface area (Å²) in [6.07, 6.45) is 3.45. The van der Waals surface area contributed by atoms with E-state index in [0.717, 1.165) is 12.8 Å². The zero-order chi connectivity index (χ0) is 13.5.